The molecule has 2 nitrogen and oxygen atoms in total. The van der Waals surface area contributed by atoms with Crippen LogP contribution in [0.4, 0.5) is 0 Å². The number of nitriles is 1. The van der Waals surface area contributed by atoms with E-state index in [0.29, 0.717) is 5.56 Å². The molecule has 1 aromatic carbocycles. The van der Waals surface area contributed by atoms with Gasteiger partial charge in [0.15, 0.2) is 5.78 Å². The molecular weight excluding hydrogens is 218 g/mol. The third-order valence-electron chi connectivity index (χ3n) is 2.46. The maximum Gasteiger partial charge on any atom is 0.181 e. The average Bonchev–Trinajstić information content (AvgIpc) is 2.29. The second-order valence-electron chi connectivity index (χ2n) is 3.92. The van der Waals surface area contributed by atoms with Crippen LogP contribution in [0.3, 0.4) is 0 Å². The smallest absolute Gasteiger partial charge is 0.181 e. The fourth-order valence-electron chi connectivity index (χ4n) is 1.53. The van der Waals surface area contributed by atoms with Crippen molar-refractivity contribution < 1.29 is 4.79 Å². The normalized spacial score (nSPS) is 12.2. The van der Waals surface area contributed by atoms with Gasteiger partial charge in [-0.1, -0.05) is 32.0 Å². The summed E-state index contributed by atoms with van der Waals surface area (Å²) in [5.41, 5.74) is 0.662. The summed E-state index contributed by atoms with van der Waals surface area (Å²) >= 11 is 1.53. The van der Waals surface area contributed by atoms with Gasteiger partial charge in [0.05, 0.1) is 6.07 Å². The summed E-state index contributed by atoms with van der Waals surface area (Å²) in [4.78, 5) is 13.1. The van der Waals surface area contributed by atoms with Crippen LogP contribution in [0.25, 0.3) is 0 Å². The average molecular weight is 233 g/mol. The third-order valence-corrected chi connectivity index (χ3v) is 3.26. The van der Waals surface area contributed by atoms with E-state index in [1.165, 1.54) is 11.8 Å². The van der Waals surface area contributed by atoms with Crippen molar-refractivity contribution in [2.45, 2.75) is 18.7 Å². The van der Waals surface area contributed by atoms with Gasteiger partial charge in [-0.2, -0.15) is 5.26 Å². The number of ketones is 1. The van der Waals surface area contributed by atoms with Gasteiger partial charge in [0.1, 0.15) is 5.92 Å². The Balaban J connectivity index is 3.09. The first-order valence-corrected chi connectivity index (χ1v) is 6.41. The number of rotatable bonds is 4. The lowest BCUT2D eigenvalue weighted by Crippen LogP contribution is -2.19. The lowest BCUT2D eigenvalue weighted by atomic mass is 9.89. The highest BCUT2D eigenvalue weighted by Gasteiger charge is 2.24. The molecule has 16 heavy (non-hydrogen) atoms. The molecule has 0 radical (unpaired) electrons. The van der Waals surface area contributed by atoms with Crippen molar-refractivity contribution >= 4 is 17.5 Å². The van der Waals surface area contributed by atoms with E-state index < -0.39 is 5.92 Å². The van der Waals surface area contributed by atoms with E-state index in [9.17, 15) is 4.79 Å². The lowest BCUT2D eigenvalue weighted by molar-refractivity contribution is 0.0921. The summed E-state index contributed by atoms with van der Waals surface area (Å²) in [5, 5.41) is 9.01. The minimum Gasteiger partial charge on any atom is -0.293 e. The van der Waals surface area contributed by atoms with Crippen LogP contribution in [0, 0.1) is 23.2 Å². The Morgan fingerprint density at radius 1 is 1.38 bits per heavy atom. The Hall–Kier alpha value is -1.27. The largest absolute Gasteiger partial charge is 0.293 e. The number of benzene rings is 1. The van der Waals surface area contributed by atoms with E-state index in [2.05, 4.69) is 6.07 Å². The van der Waals surface area contributed by atoms with Crippen molar-refractivity contribution in [1.82, 2.24) is 0 Å². The monoisotopic (exact) mass is 233 g/mol. The van der Waals surface area contributed by atoms with Crippen molar-refractivity contribution in [3.63, 3.8) is 0 Å². The number of Topliss-reactive ketones (excluding diaryl/α,β-unsaturated/α-hetero) is 1. The van der Waals surface area contributed by atoms with Crippen LogP contribution in [0.2, 0.25) is 0 Å². The van der Waals surface area contributed by atoms with Crippen molar-refractivity contribution in [3.8, 4) is 6.07 Å². The zero-order valence-corrected chi connectivity index (χ0v) is 10.5. The maximum absolute atomic E-state index is 12.2. The SMILES string of the molecule is CSc1ccccc1C(=O)C(C#N)C(C)C. The molecule has 0 aliphatic carbocycles. The Kier molecular flexibility index (Phi) is 4.57. The van der Waals surface area contributed by atoms with Gasteiger partial charge in [0, 0.05) is 10.5 Å². The molecule has 0 aliphatic rings. The Morgan fingerprint density at radius 2 is 2.00 bits per heavy atom. The van der Waals surface area contributed by atoms with Gasteiger partial charge in [-0.25, -0.2) is 0 Å². The van der Waals surface area contributed by atoms with Gasteiger partial charge in [-0.15, -0.1) is 11.8 Å². The van der Waals surface area contributed by atoms with Crippen molar-refractivity contribution in [1.29, 1.82) is 5.26 Å². The second kappa shape index (κ2) is 5.72. The summed E-state index contributed by atoms with van der Waals surface area (Å²) < 4.78 is 0. The number of carbonyl (C=O) groups excluding carboxylic acids is 1. The first kappa shape index (κ1) is 12.8. The minimum absolute atomic E-state index is 0.0485. The molecular formula is C13H15NOS. The van der Waals surface area contributed by atoms with Crippen LogP contribution >= 0.6 is 11.8 Å². The molecule has 1 aromatic rings. The summed E-state index contributed by atoms with van der Waals surface area (Å²) in [6, 6.07) is 9.53. The summed E-state index contributed by atoms with van der Waals surface area (Å²) in [6.45, 7) is 3.79. The predicted octanol–water partition coefficient (Wildman–Crippen LogP) is 3.39. The molecule has 0 heterocycles. The van der Waals surface area contributed by atoms with E-state index in [1.54, 1.807) is 6.07 Å². The Morgan fingerprint density at radius 3 is 2.50 bits per heavy atom. The highest BCUT2D eigenvalue weighted by atomic mass is 32.2. The van der Waals surface area contributed by atoms with E-state index in [1.807, 2.05) is 38.3 Å². The van der Waals surface area contributed by atoms with Gasteiger partial charge in [-0.3, -0.25) is 4.79 Å². The molecule has 0 saturated carbocycles. The molecule has 0 aliphatic heterocycles. The Bertz CT molecular complexity index is 420. The standard InChI is InChI=1S/C13H15NOS/c1-9(2)11(8-14)13(15)10-6-4-5-7-12(10)16-3/h4-7,9,11H,1-3H3. The topological polar surface area (TPSA) is 40.9 Å². The molecule has 0 fully saturated rings. The van der Waals surface area contributed by atoms with Crippen molar-refractivity contribution in [2.24, 2.45) is 11.8 Å². The molecule has 1 unspecified atom stereocenters. The second-order valence-corrected chi connectivity index (χ2v) is 4.76. The molecule has 0 spiro atoms. The van der Waals surface area contributed by atoms with Crippen LogP contribution in [0.5, 0.6) is 0 Å². The van der Waals surface area contributed by atoms with Crippen LogP contribution in [0.15, 0.2) is 29.2 Å². The molecule has 0 aromatic heterocycles. The molecule has 0 N–H and O–H groups in total. The van der Waals surface area contributed by atoms with E-state index in [0.717, 1.165) is 4.90 Å². The molecule has 1 rings (SSSR count). The summed E-state index contributed by atoms with van der Waals surface area (Å²) in [6.07, 6.45) is 1.93. The maximum atomic E-state index is 12.2. The number of thioether (sulfide) groups is 1. The first-order chi connectivity index (χ1) is 7.61. The van der Waals surface area contributed by atoms with Gasteiger partial charge < -0.3 is 0 Å². The lowest BCUT2D eigenvalue weighted by Gasteiger charge is -2.13. The zero-order chi connectivity index (χ0) is 12.1. The van der Waals surface area contributed by atoms with Crippen LogP contribution in [0.1, 0.15) is 24.2 Å². The molecule has 0 amide bonds. The number of hydrogen-bond acceptors (Lipinski definition) is 3. The van der Waals surface area contributed by atoms with Gasteiger partial charge in [0.2, 0.25) is 0 Å². The van der Waals surface area contributed by atoms with Crippen molar-refractivity contribution in [2.75, 3.05) is 6.26 Å². The highest BCUT2D eigenvalue weighted by molar-refractivity contribution is 7.98. The van der Waals surface area contributed by atoms with Crippen molar-refractivity contribution in [3.05, 3.63) is 29.8 Å². The van der Waals surface area contributed by atoms with Gasteiger partial charge in [-0.05, 0) is 18.2 Å². The van der Waals surface area contributed by atoms with Crippen LogP contribution < -0.4 is 0 Å². The summed E-state index contributed by atoms with van der Waals surface area (Å²) in [7, 11) is 0. The van der Waals surface area contributed by atoms with Gasteiger partial charge in [0.25, 0.3) is 0 Å². The van der Waals surface area contributed by atoms with Crippen LogP contribution in [-0.2, 0) is 0 Å². The predicted molar refractivity (Wildman–Crippen MR) is 66.5 cm³/mol. The first-order valence-electron chi connectivity index (χ1n) is 5.18. The minimum atomic E-state index is -0.548. The molecule has 0 saturated heterocycles. The van der Waals surface area contributed by atoms with E-state index in [-0.39, 0.29) is 11.7 Å². The zero-order valence-electron chi connectivity index (χ0n) is 9.73. The molecule has 1 atom stereocenters. The quantitative estimate of drug-likeness (QED) is 0.591. The number of nitrogens with zero attached hydrogens (tertiary/aromatic N) is 1. The third kappa shape index (κ3) is 2.65. The highest BCUT2D eigenvalue weighted by Crippen LogP contribution is 2.24. The van der Waals surface area contributed by atoms with Gasteiger partial charge >= 0.3 is 0 Å². The number of hydrogen-bond donors (Lipinski definition) is 0. The fraction of sp³-hybridized carbons (Fsp3) is 0.385. The molecule has 0 bridgehead atoms. The molecule has 84 valence electrons. The van der Waals surface area contributed by atoms with E-state index in [4.69, 9.17) is 5.26 Å². The molecule has 3 heteroatoms. The Labute approximate surface area is 101 Å². The fourth-order valence-corrected chi connectivity index (χ4v) is 2.13. The number of carbonyl (C=O) groups is 1. The van der Waals surface area contributed by atoms with Crippen LogP contribution in [-0.4, -0.2) is 12.0 Å². The summed E-state index contributed by atoms with van der Waals surface area (Å²) in [5.74, 6) is -0.567. The van der Waals surface area contributed by atoms with E-state index >= 15 is 0 Å².